The Bertz CT molecular complexity index is 381. The van der Waals surface area contributed by atoms with Crippen molar-refractivity contribution in [1.29, 1.82) is 0 Å². The molecule has 0 spiro atoms. The van der Waals surface area contributed by atoms with Crippen molar-refractivity contribution in [3.8, 4) is 0 Å². The lowest BCUT2D eigenvalue weighted by molar-refractivity contribution is 0.126. The van der Waals surface area contributed by atoms with E-state index in [4.69, 9.17) is 9.26 Å². The molecular formula is C15H27N3O2. The highest BCUT2D eigenvalue weighted by Crippen LogP contribution is 2.31. The zero-order valence-corrected chi connectivity index (χ0v) is 12.7. The van der Waals surface area contributed by atoms with Gasteiger partial charge in [-0.1, -0.05) is 31.3 Å². The lowest BCUT2D eigenvalue weighted by Gasteiger charge is -2.23. The molecule has 1 aromatic heterocycles. The van der Waals surface area contributed by atoms with Gasteiger partial charge in [-0.05, 0) is 32.7 Å². The second-order valence-electron chi connectivity index (χ2n) is 5.49. The Morgan fingerprint density at radius 1 is 1.25 bits per heavy atom. The monoisotopic (exact) mass is 281 g/mol. The van der Waals surface area contributed by atoms with Crippen LogP contribution in [0.4, 0.5) is 0 Å². The summed E-state index contributed by atoms with van der Waals surface area (Å²) in [6.07, 6.45) is 7.34. The van der Waals surface area contributed by atoms with Gasteiger partial charge in [0.05, 0.1) is 5.92 Å². The fraction of sp³-hybridized carbons (Fsp3) is 0.867. The zero-order chi connectivity index (χ0) is 14.2. The van der Waals surface area contributed by atoms with Crippen LogP contribution in [0.5, 0.6) is 0 Å². The number of hydrogen-bond donors (Lipinski definition) is 1. The Balaban J connectivity index is 2.02. The molecule has 0 aliphatic heterocycles. The number of ether oxygens (including phenoxy) is 1. The number of nitrogens with one attached hydrogen (secondary N) is 1. The summed E-state index contributed by atoms with van der Waals surface area (Å²) in [7, 11) is 0. The highest BCUT2D eigenvalue weighted by molar-refractivity contribution is 5.00. The van der Waals surface area contributed by atoms with E-state index in [-0.39, 0.29) is 0 Å². The number of nitrogens with zero attached hydrogens (tertiary/aromatic N) is 2. The summed E-state index contributed by atoms with van der Waals surface area (Å²) in [6, 6.07) is 0.470. The molecule has 0 radical (unpaired) electrons. The minimum atomic E-state index is 0.354. The first-order valence-corrected chi connectivity index (χ1v) is 7.98. The van der Waals surface area contributed by atoms with Gasteiger partial charge in [0.15, 0.2) is 5.82 Å². The van der Waals surface area contributed by atoms with Gasteiger partial charge in [-0.3, -0.25) is 0 Å². The molecule has 1 fully saturated rings. The highest BCUT2D eigenvalue weighted by atomic mass is 16.5. The van der Waals surface area contributed by atoms with Crippen LogP contribution in [0.3, 0.4) is 0 Å². The van der Waals surface area contributed by atoms with Crippen molar-refractivity contribution >= 4 is 0 Å². The Kier molecular flexibility index (Phi) is 6.47. The molecule has 2 atom stereocenters. The third kappa shape index (κ3) is 4.28. The first kappa shape index (κ1) is 15.4. The minimum absolute atomic E-state index is 0.354. The second kappa shape index (κ2) is 8.37. The molecule has 1 aliphatic rings. The summed E-state index contributed by atoms with van der Waals surface area (Å²) in [6.45, 7) is 6.34. The van der Waals surface area contributed by atoms with Gasteiger partial charge >= 0.3 is 0 Å². The second-order valence-corrected chi connectivity index (χ2v) is 5.49. The Labute approximate surface area is 121 Å². The van der Waals surface area contributed by atoms with Crippen LogP contribution in [-0.2, 0) is 11.3 Å². The topological polar surface area (TPSA) is 60.2 Å². The number of rotatable bonds is 7. The first-order chi connectivity index (χ1) is 9.85. The maximum atomic E-state index is 5.49. The first-order valence-electron chi connectivity index (χ1n) is 7.98. The van der Waals surface area contributed by atoms with Crippen molar-refractivity contribution in [2.45, 2.75) is 70.9 Å². The molecule has 1 aliphatic carbocycles. The molecule has 0 saturated heterocycles. The van der Waals surface area contributed by atoms with E-state index in [1.165, 1.54) is 25.7 Å². The molecule has 5 heteroatoms. The van der Waals surface area contributed by atoms with Crippen LogP contribution in [0.1, 0.15) is 70.0 Å². The van der Waals surface area contributed by atoms with Gasteiger partial charge in [-0.2, -0.15) is 4.98 Å². The van der Waals surface area contributed by atoms with E-state index in [2.05, 4.69) is 22.4 Å². The number of aromatic nitrogens is 2. The highest BCUT2D eigenvalue weighted by Gasteiger charge is 2.29. The fourth-order valence-corrected chi connectivity index (χ4v) is 2.85. The van der Waals surface area contributed by atoms with Gasteiger partial charge in [0, 0.05) is 12.6 Å². The van der Waals surface area contributed by atoms with E-state index >= 15 is 0 Å². The SMILES string of the molecule is CCCNC1CCCCCC1c1nc(COCC)no1. The molecule has 0 bridgehead atoms. The van der Waals surface area contributed by atoms with E-state index in [1.807, 2.05) is 6.92 Å². The summed E-state index contributed by atoms with van der Waals surface area (Å²) < 4.78 is 10.8. The van der Waals surface area contributed by atoms with Crippen molar-refractivity contribution in [2.24, 2.45) is 0 Å². The molecule has 2 unspecified atom stereocenters. The summed E-state index contributed by atoms with van der Waals surface area (Å²) >= 11 is 0. The molecule has 0 aromatic carbocycles. The molecular weight excluding hydrogens is 254 g/mol. The molecule has 1 heterocycles. The third-order valence-corrected chi connectivity index (χ3v) is 3.91. The van der Waals surface area contributed by atoms with Crippen molar-refractivity contribution in [3.63, 3.8) is 0 Å². The lowest BCUT2D eigenvalue weighted by Crippen LogP contribution is -2.35. The van der Waals surface area contributed by atoms with Crippen molar-refractivity contribution in [3.05, 3.63) is 11.7 Å². The van der Waals surface area contributed by atoms with Crippen LogP contribution in [0, 0.1) is 0 Å². The summed E-state index contributed by atoms with van der Waals surface area (Å²) in [5.74, 6) is 1.81. The Hall–Kier alpha value is -0.940. The van der Waals surface area contributed by atoms with Crippen LogP contribution >= 0.6 is 0 Å². The summed E-state index contributed by atoms with van der Waals surface area (Å²) in [5.41, 5.74) is 0. The molecule has 1 N–H and O–H groups in total. The third-order valence-electron chi connectivity index (χ3n) is 3.91. The van der Waals surface area contributed by atoms with Crippen LogP contribution in [0.25, 0.3) is 0 Å². The van der Waals surface area contributed by atoms with Crippen LogP contribution in [-0.4, -0.2) is 29.3 Å². The van der Waals surface area contributed by atoms with Gasteiger partial charge in [0.2, 0.25) is 5.89 Å². The van der Waals surface area contributed by atoms with E-state index in [0.717, 1.165) is 25.3 Å². The van der Waals surface area contributed by atoms with E-state index in [9.17, 15) is 0 Å². The van der Waals surface area contributed by atoms with E-state index in [0.29, 0.717) is 31.0 Å². The maximum absolute atomic E-state index is 5.49. The average molecular weight is 281 g/mol. The molecule has 1 aromatic rings. The molecule has 0 amide bonds. The van der Waals surface area contributed by atoms with Crippen molar-refractivity contribution in [1.82, 2.24) is 15.5 Å². The van der Waals surface area contributed by atoms with Crippen LogP contribution < -0.4 is 5.32 Å². The molecule has 5 nitrogen and oxygen atoms in total. The molecule has 2 rings (SSSR count). The standard InChI is InChI=1S/C15H27N3O2/c1-3-10-16-13-9-7-5-6-8-12(13)15-17-14(18-20-15)11-19-4-2/h12-13,16H,3-11H2,1-2H3. The van der Waals surface area contributed by atoms with Crippen LogP contribution in [0.15, 0.2) is 4.52 Å². The van der Waals surface area contributed by atoms with Gasteiger partial charge < -0.3 is 14.6 Å². The predicted molar refractivity (Wildman–Crippen MR) is 77.5 cm³/mol. The smallest absolute Gasteiger partial charge is 0.231 e. The number of hydrogen-bond acceptors (Lipinski definition) is 5. The van der Waals surface area contributed by atoms with Gasteiger partial charge in [-0.25, -0.2) is 0 Å². The molecule has 114 valence electrons. The van der Waals surface area contributed by atoms with E-state index in [1.54, 1.807) is 0 Å². The summed E-state index contributed by atoms with van der Waals surface area (Å²) in [5, 5.41) is 7.69. The van der Waals surface area contributed by atoms with Crippen molar-refractivity contribution < 1.29 is 9.26 Å². The molecule has 1 saturated carbocycles. The van der Waals surface area contributed by atoms with Crippen molar-refractivity contribution in [2.75, 3.05) is 13.2 Å². The largest absolute Gasteiger partial charge is 0.374 e. The zero-order valence-electron chi connectivity index (χ0n) is 12.7. The van der Waals surface area contributed by atoms with E-state index < -0.39 is 0 Å². The molecule has 20 heavy (non-hydrogen) atoms. The van der Waals surface area contributed by atoms with Gasteiger partial charge in [0.1, 0.15) is 6.61 Å². The predicted octanol–water partition coefficient (Wildman–Crippen LogP) is 3.02. The van der Waals surface area contributed by atoms with Crippen LogP contribution in [0.2, 0.25) is 0 Å². The lowest BCUT2D eigenvalue weighted by atomic mass is 9.94. The summed E-state index contributed by atoms with van der Waals surface area (Å²) in [4.78, 5) is 4.53. The maximum Gasteiger partial charge on any atom is 0.231 e. The van der Waals surface area contributed by atoms with Gasteiger partial charge in [0.25, 0.3) is 0 Å². The average Bonchev–Trinajstić information content (AvgIpc) is 2.81. The Morgan fingerprint density at radius 2 is 2.10 bits per heavy atom. The quantitative estimate of drug-likeness (QED) is 0.778. The minimum Gasteiger partial charge on any atom is -0.374 e. The normalized spacial score (nSPS) is 23.7. The van der Waals surface area contributed by atoms with Gasteiger partial charge in [-0.15, -0.1) is 0 Å². The Morgan fingerprint density at radius 3 is 2.90 bits per heavy atom. The fourth-order valence-electron chi connectivity index (χ4n) is 2.85.